The predicted octanol–water partition coefficient (Wildman–Crippen LogP) is 3.40. The largest absolute Gasteiger partial charge is 0.493 e. The van der Waals surface area contributed by atoms with Gasteiger partial charge in [-0.1, -0.05) is 26.0 Å². The fourth-order valence-corrected chi connectivity index (χ4v) is 2.68. The molecule has 0 aliphatic heterocycles. The summed E-state index contributed by atoms with van der Waals surface area (Å²) in [4.78, 5) is 16.3. The molecule has 1 aliphatic carbocycles. The topological polar surface area (TPSA) is 74.8 Å². The van der Waals surface area contributed by atoms with Crippen molar-refractivity contribution in [3.05, 3.63) is 29.8 Å². The Balaban J connectivity index is 1.79. The van der Waals surface area contributed by atoms with Crippen LogP contribution in [0.25, 0.3) is 0 Å². The van der Waals surface area contributed by atoms with Crippen LogP contribution >= 0.6 is 0 Å². The molecule has 1 fully saturated rings. The number of benzene rings is 1. The van der Waals surface area contributed by atoms with Gasteiger partial charge in [0.25, 0.3) is 0 Å². The smallest absolute Gasteiger partial charge is 0.220 e. The summed E-state index contributed by atoms with van der Waals surface area (Å²) in [5.41, 5.74) is 1.17. The summed E-state index contributed by atoms with van der Waals surface area (Å²) in [5, 5.41) is 9.71. The minimum atomic E-state index is 0.120. The van der Waals surface area contributed by atoms with Crippen LogP contribution in [0.1, 0.15) is 65.0 Å². The van der Waals surface area contributed by atoms with E-state index in [1.807, 2.05) is 19.1 Å². The number of carbonyl (C=O) groups excluding carboxylic acids is 1. The van der Waals surface area contributed by atoms with E-state index in [-0.39, 0.29) is 11.9 Å². The van der Waals surface area contributed by atoms with E-state index in [2.05, 4.69) is 53.8 Å². The Hall–Kier alpha value is -2.24. The lowest BCUT2D eigenvalue weighted by Crippen LogP contribution is -2.38. The highest BCUT2D eigenvalue weighted by Gasteiger charge is 2.22. The van der Waals surface area contributed by atoms with Crippen LogP contribution in [0.15, 0.2) is 29.3 Å². The van der Waals surface area contributed by atoms with Gasteiger partial charge in [-0.15, -0.1) is 0 Å². The summed E-state index contributed by atoms with van der Waals surface area (Å²) >= 11 is 0. The number of hydrogen-bond donors (Lipinski definition) is 3. The van der Waals surface area contributed by atoms with Crippen molar-refractivity contribution < 1.29 is 9.53 Å². The van der Waals surface area contributed by atoms with E-state index in [1.54, 1.807) is 0 Å². The Morgan fingerprint density at radius 2 is 1.93 bits per heavy atom. The second-order valence-corrected chi connectivity index (χ2v) is 7.85. The second kappa shape index (κ2) is 11.6. The van der Waals surface area contributed by atoms with Crippen molar-refractivity contribution in [2.24, 2.45) is 10.9 Å². The molecule has 0 spiro atoms. The number of carbonyl (C=O) groups is 1. The first-order valence-corrected chi connectivity index (χ1v) is 10.5. The summed E-state index contributed by atoms with van der Waals surface area (Å²) < 4.78 is 5.75. The molecule has 1 atom stereocenters. The molecular weight excluding hydrogens is 352 g/mol. The van der Waals surface area contributed by atoms with Crippen molar-refractivity contribution in [1.82, 2.24) is 16.0 Å². The van der Waals surface area contributed by atoms with Crippen molar-refractivity contribution in [1.29, 1.82) is 0 Å². The van der Waals surface area contributed by atoms with Crippen LogP contribution in [-0.2, 0) is 4.79 Å². The summed E-state index contributed by atoms with van der Waals surface area (Å²) in [7, 11) is 0. The maximum Gasteiger partial charge on any atom is 0.220 e. The molecule has 156 valence electrons. The standard InChI is InChI=1S/C22H36N4O2/c1-5-23-22(24-14-6-7-21(27)26-19-10-11-19)25-17(4)18-8-12-20(13-9-18)28-15-16(2)3/h8-9,12-13,16-17,19H,5-7,10-11,14-15H2,1-4H3,(H,26,27)(H2,23,24,25). The van der Waals surface area contributed by atoms with Crippen LogP contribution in [0.3, 0.4) is 0 Å². The van der Waals surface area contributed by atoms with E-state index < -0.39 is 0 Å². The van der Waals surface area contributed by atoms with Gasteiger partial charge >= 0.3 is 0 Å². The molecule has 3 N–H and O–H groups in total. The van der Waals surface area contributed by atoms with Crippen molar-refractivity contribution in [2.75, 3.05) is 19.7 Å². The maximum absolute atomic E-state index is 11.7. The lowest BCUT2D eigenvalue weighted by atomic mass is 10.1. The molecule has 6 heteroatoms. The van der Waals surface area contributed by atoms with Crippen LogP contribution in [0, 0.1) is 5.92 Å². The molecule has 0 heterocycles. The highest BCUT2D eigenvalue weighted by Crippen LogP contribution is 2.19. The highest BCUT2D eigenvalue weighted by molar-refractivity contribution is 5.80. The van der Waals surface area contributed by atoms with E-state index in [4.69, 9.17) is 4.74 Å². The third-order valence-electron chi connectivity index (χ3n) is 4.44. The quantitative estimate of drug-likeness (QED) is 0.309. The van der Waals surface area contributed by atoms with Gasteiger partial charge in [0, 0.05) is 25.6 Å². The molecule has 0 radical (unpaired) electrons. The Labute approximate surface area is 169 Å². The average molecular weight is 389 g/mol. The van der Waals surface area contributed by atoms with Gasteiger partial charge in [0.2, 0.25) is 5.91 Å². The molecule has 28 heavy (non-hydrogen) atoms. The Kier molecular flexibility index (Phi) is 9.11. The van der Waals surface area contributed by atoms with E-state index >= 15 is 0 Å². The fraction of sp³-hybridized carbons (Fsp3) is 0.636. The number of ether oxygens (including phenoxy) is 1. The minimum Gasteiger partial charge on any atom is -0.493 e. The summed E-state index contributed by atoms with van der Waals surface area (Å²) in [6.45, 7) is 10.6. The second-order valence-electron chi connectivity index (χ2n) is 7.85. The van der Waals surface area contributed by atoms with Crippen molar-refractivity contribution in [3.63, 3.8) is 0 Å². The van der Waals surface area contributed by atoms with Crippen molar-refractivity contribution in [2.45, 2.75) is 65.5 Å². The number of guanidine groups is 1. The number of aliphatic imine (C=N–C) groups is 1. The molecule has 1 amide bonds. The SMILES string of the molecule is CCNC(=NCCCC(=O)NC1CC1)NC(C)c1ccc(OCC(C)C)cc1. The summed E-state index contributed by atoms with van der Waals surface area (Å²) in [5.74, 6) is 2.33. The lowest BCUT2D eigenvalue weighted by molar-refractivity contribution is -0.121. The van der Waals surface area contributed by atoms with Gasteiger partial charge in [0.1, 0.15) is 5.75 Å². The Bertz CT molecular complexity index is 624. The van der Waals surface area contributed by atoms with Gasteiger partial charge in [0.05, 0.1) is 12.6 Å². The Morgan fingerprint density at radius 3 is 2.54 bits per heavy atom. The number of rotatable bonds is 11. The lowest BCUT2D eigenvalue weighted by Gasteiger charge is -2.18. The number of nitrogens with zero attached hydrogens (tertiary/aromatic N) is 1. The third kappa shape index (κ3) is 8.63. The maximum atomic E-state index is 11.7. The first-order valence-electron chi connectivity index (χ1n) is 10.5. The summed E-state index contributed by atoms with van der Waals surface area (Å²) in [6, 6.07) is 8.74. The molecular formula is C22H36N4O2. The van der Waals surface area contributed by atoms with Gasteiger partial charge in [0.15, 0.2) is 5.96 Å². The third-order valence-corrected chi connectivity index (χ3v) is 4.44. The molecule has 1 aromatic rings. The number of nitrogens with one attached hydrogen (secondary N) is 3. The van der Waals surface area contributed by atoms with Crippen molar-refractivity contribution in [3.8, 4) is 5.75 Å². The first kappa shape index (κ1) is 22.1. The monoisotopic (exact) mass is 388 g/mol. The molecule has 6 nitrogen and oxygen atoms in total. The molecule has 2 rings (SSSR count). The summed E-state index contributed by atoms with van der Waals surface area (Å²) in [6.07, 6.45) is 3.54. The van der Waals surface area contributed by atoms with Crippen LogP contribution in [0.5, 0.6) is 5.75 Å². The molecule has 0 saturated heterocycles. The van der Waals surface area contributed by atoms with Gasteiger partial charge in [-0.3, -0.25) is 9.79 Å². The zero-order valence-electron chi connectivity index (χ0n) is 17.8. The normalized spacial score (nSPS) is 15.2. The van der Waals surface area contributed by atoms with Gasteiger partial charge < -0.3 is 20.7 Å². The fourth-order valence-electron chi connectivity index (χ4n) is 2.68. The highest BCUT2D eigenvalue weighted by atomic mass is 16.5. The molecule has 1 aliphatic rings. The Morgan fingerprint density at radius 1 is 1.21 bits per heavy atom. The van der Waals surface area contributed by atoms with E-state index in [1.165, 1.54) is 5.56 Å². The van der Waals surface area contributed by atoms with Crippen LogP contribution in [0.2, 0.25) is 0 Å². The molecule has 1 aromatic carbocycles. The van der Waals surface area contributed by atoms with Crippen LogP contribution in [0.4, 0.5) is 0 Å². The minimum absolute atomic E-state index is 0.120. The molecule has 0 aromatic heterocycles. The van der Waals surface area contributed by atoms with E-state index in [0.717, 1.165) is 44.1 Å². The van der Waals surface area contributed by atoms with Gasteiger partial charge in [-0.2, -0.15) is 0 Å². The van der Waals surface area contributed by atoms with E-state index in [9.17, 15) is 4.79 Å². The zero-order valence-corrected chi connectivity index (χ0v) is 17.8. The van der Waals surface area contributed by atoms with E-state index in [0.29, 0.717) is 24.9 Å². The van der Waals surface area contributed by atoms with Crippen LogP contribution < -0.4 is 20.7 Å². The molecule has 1 unspecified atom stereocenters. The van der Waals surface area contributed by atoms with Crippen molar-refractivity contribution >= 4 is 11.9 Å². The first-order chi connectivity index (χ1) is 13.5. The average Bonchev–Trinajstić information content (AvgIpc) is 3.48. The molecule has 0 bridgehead atoms. The predicted molar refractivity (Wildman–Crippen MR) is 115 cm³/mol. The molecule has 1 saturated carbocycles. The van der Waals surface area contributed by atoms with Gasteiger partial charge in [-0.25, -0.2) is 0 Å². The number of hydrogen-bond acceptors (Lipinski definition) is 3. The van der Waals surface area contributed by atoms with Crippen LogP contribution in [-0.4, -0.2) is 37.6 Å². The zero-order chi connectivity index (χ0) is 20.4. The number of amides is 1. The van der Waals surface area contributed by atoms with Gasteiger partial charge in [-0.05, 0) is 56.7 Å².